The van der Waals surface area contributed by atoms with E-state index < -0.39 is 0 Å². The number of hydrogen-bond acceptors (Lipinski definition) is 1. The van der Waals surface area contributed by atoms with Gasteiger partial charge in [-0.2, -0.15) is 0 Å². The lowest BCUT2D eigenvalue weighted by atomic mass is 10.1. The van der Waals surface area contributed by atoms with Gasteiger partial charge >= 0.3 is 0 Å². The third kappa shape index (κ3) is 3.05. The summed E-state index contributed by atoms with van der Waals surface area (Å²) in [6.07, 6.45) is 2.76. The minimum atomic E-state index is -0.186. The van der Waals surface area contributed by atoms with E-state index in [1.807, 2.05) is 6.07 Å². The van der Waals surface area contributed by atoms with Crippen LogP contribution in [0.5, 0.6) is 0 Å². The van der Waals surface area contributed by atoms with Gasteiger partial charge in [0.25, 0.3) is 0 Å². The maximum Gasteiger partial charge on any atom is 0.137 e. The molecule has 16 heavy (non-hydrogen) atoms. The zero-order valence-electron chi connectivity index (χ0n) is 9.47. The van der Waals surface area contributed by atoms with Crippen LogP contribution in [-0.2, 0) is 6.54 Å². The van der Waals surface area contributed by atoms with Gasteiger partial charge in [0.1, 0.15) is 5.82 Å². The first-order chi connectivity index (χ1) is 7.68. The van der Waals surface area contributed by atoms with Gasteiger partial charge in [0.05, 0.1) is 4.47 Å². The van der Waals surface area contributed by atoms with Gasteiger partial charge in [-0.3, -0.25) is 0 Å². The molecule has 0 aromatic heterocycles. The molecule has 3 heteroatoms. The summed E-state index contributed by atoms with van der Waals surface area (Å²) in [5.41, 5.74) is 0.989. The minimum Gasteiger partial charge on any atom is -0.312 e. The van der Waals surface area contributed by atoms with Crippen molar-refractivity contribution in [3.05, 3.63) is 34.1 Å². The third-order valence-corrected chi connectivity index (χ3v) is 4.13. The molecule has 1 N–H and O–H groups in total. The van der Waals surface area contributed by atoms with Crippen molar-refractivity contribution in [3.8, 4) is 0 Å². The van der Waals surface area contributed by atoms with Crippen LogP contribution in [-0.4, -0.2) is 6.54 Å². The molecule has 1 atom stereocenters. The first-order valence-corrected chi connectivity index (χ1v) is 6.61. The van der Waals surface area contributed by atoms with E-state index in [-0.39, 0.29) is 5.82 Å². The van der Waals surface area contributed by atoms with E-state index in [0.29, 0.717) is 4.47 Å². The molecule has 0 amide bonds. The number of halogens is 2. The van der Waals surface area contributed by atoms with E-state index in [2.05, 4.69) is 28.2 Å². The summed E-state index contributed by atoms with van der Waals surface area (Å²) in [4.78, 5) is 0. The summed E-state index contributed by atoms with van der Waals surface area (Å²) >= 11 is 3.27. The van der Waals surface area contributed by atoms with E-state index in [1.165, 1.54) is 18.9 Å². The van der Waals surface area contributed by atoms with E-state index in [4.69, 9.17) is 0 Å². The smallest absolute Gasteiger partial charge is 0.137 e. The Hall–Kier alpha value is -0.410. The Kier molecular flexibility index (Phi) is 3.98. The summed E-state index contributed by atoms with van der Waals surface area (Å²) in [5, 5.41) is 3.39. The average Bonchev–Trinajstić information content (AvgIpc) is 3.07. The number of benzene rings is 1. The SMILES string of the molecule is CC(CNCc1cccc(F)c1Br)C1CC1. The van der Waals surface area contributed by atoms with Crippen molar-refractivity contribution in [1.29, 1.82) is 0 Å². The van der Waals surface area contributed by atoms with E-state index in [0.717, 1.165) is 30.5 Å². The van der Waals surface area contributed by atoms with Crippen molar-refractivity contribution in [2.75, 3.05) is 6.54 Å². The maximum atomic E-state index is 13.2. The molecule has 1 fully saturated rings. The van der Waals surface area contributed by atoms with Gasteiger partial charge in [-0.1, -0.05) is 19.1 Å². The number of hydrogen-bond donors (Lipinski definition) is 1. The second-order valence-corrected chi connectivity index (χ2v) is 5.45. The second kappa shape index (κ2) is 5.28. The Morgan fingerprint density at radius 3 is 2.94 bits per heavy atom. The van der Waals surface area contributed by atoms with Crippen LogP contribution in [0.15, 0.2) is 22.7 Å². The van der Waals surface area contributed by atoms with Crippen molar-refractivity contribution >= 4 is 15.9 Å². The fourth-order valence-electron chi connectivity index (χ4n) is 1.95. The van der Waals surface area contributed by atoms with Crippen molar-refractivity contribution in [2.45, 2.75) is 26.3 Å². The standard InChI is InChI=1S/C13H17BrFN/c1-9(10-5-6-10)7-16-8-11-3-2-4-12(15)13(11)14/h2-4,9-10,16H,5-8H2,1H3. The highest BCUT2D eigenvalue weighted by atomic mass is 79.9. The Bertz CT molecular complexity index is 363. The largest absolute Gasteiger partial charge is 0.312 e. The Labute approximate surface area is 105 Å². The van der Waals surface area contributed by atoms with Crippen LogP contribution < -0.4 is 5.32 Å². The van der Waals surface area contributed by atoms with Crippen LogP contribution in [0.25, 0.3) is 0 Å². The molecule has 1 saturated carbocycles. The molecule has 1 aromatic rings. The first-order valence-electron chi connectivity index (χ1n) is 5.82. The molecule has 0 bridgehead atoms. The molecule has 0 heterocycles. The molecule has 88 valence electrons. The van der Waals surface area contributed by atoms with E-state index >= 15 is 0 Å². The van der Waals surface area contributed by atoms with E-state index in [1.54, 1.807) is 6.07 Å². The lowest BCUT2D eigenvalue weighted by Gasteiger charge is -2.12. The molecule has 2 rings (SSSR count). The highest BCUT2D eigenvalue weighted by Gasteiger charge is 2.27. The summed E-state index contributed by atoms with van der Waals surface area (Å²) in [6, 6.07) is 5.17. The van der Waals surface area contributed by atoms with Crippen LogP contribution in [0.3, 0.4) is 0 Å². The van der Waals surface area contributed by atoms with Crippen LogP contribution in [0.1, 0.15) is 25.3 Å². The zero-order valence-corrected chi connectivity index (χ0v) is 11.1. The fraction of sp³-hybridized carbons (Fsp3) is 0.538. The molecule has 1 aliphatic rings. The Balaban J connectivity index is 1.82. The molecule has 0 radical (unpaired) electrons. The fourth-order valence-corrected chi connectivity index (χ4v) is 2.36. The Morgan fingerprint density at radius 1 is 1.50 bits per heavy atom. The monoisotopic (exact) mass is 285 g/mol. The van der Waals surface area contributed by atoms with Crippen LogP contribution in [0.2, 0.25) is 0 Å². The molecule has 1 nitrogen and oxygen atoms in total. The number of rotatable bonds is 5. The molecular weight excluding hydrogens is 269 g/mol. The van der Waals surface area contributed by atoms with Gasteiger partial charge in [-0.05, 0) is 58.8 Å². The van der Waals surface area contributed by atoms with Crippen molar-refractivity contribution in [1.82, 2.24) is 5.32 Å². The minimum absolute atomic E-state index is 0.186. The molecular formula is C13H17BrFN. The topological polar surface area (TPSA) is 12.0 Å². The molecule has 0 aliphatic heterocycles. The zero-order chi connectivity index (χ0) is 11.5. The Morgan fingerprint density at radius 2 is 2.25 bits per heavy atom. The summed E-state index contributed by atoms with van der Waals surface area (Å²) < 4.78 is 13.8. The van der Waals surface area contributed by atoms with Crippen molar-refractivity contribution in [3.63, 3.8) is 0 Å². The van der Waals surface area contributed by atoms with Crippen molar-refractivity contribution in [2.24, 2.45) is 11.8 Å². The predicted molar refractivity (Wildman–Crippen MR) is 67.7 cm³/mol. The average molecular weight is 286 g/mol. The second-order valence-electron chi connectivity index (χ2n) is 4.66. The predicted octanol–water partition coefficient (Wildman–Crippen LogP) is 3.72. The van der Waals surface area contributed by atoms with Crippen LogP contribution >= 0.6 is 15.9 Å². The van der Waals surface area contributed by atoms with Gasteiger partial charge in [0.15, 0.2) is 0 Å². The highest BCUT2D eigenvalue weighted by Crippen LogP contribution is 2.36. The molecule has 1 aromatic carbocycles. The summed E-state index contributed by atoms with van der Waals surface area (Å²) in [7, 11) is 0. The van der Waals surface area contributed by atoms with Gasteiger partial charge in [0, 0.05) is 6.54 Å². The van der Waals surface area contributed by atoms with Crippen molar-refractivity contribution < 1.29 is 4.39 Å². The van der Waals surface area contributed by atoms with Gasteiger partial charge < -0.3 is 5.32 Å². The van der Waals surface area contributed by atoms with Crippen LogP contribution in [0.4, 0.5) is 4.39 Å². The molecule has 1 unspecified atom stereocenters. The molecule has 0 saturated heterocycles. The summed E-state index contributed by atoms with van der Waals surface area (Å²) in [5.74, 6) is 1.48. The number of nitrogens with one attached hydrogen (secondary N) is 1. The lowest BCUT2D eigenvalue weighted by Crippen LogP contribution is -2.22. The van der Waals surface area contributed by atoms with Gasteiger partial charge in [0.2, 0.25) is 0 Å². The third-order valence-electron chi connectivity index (χ3n) is 3.24. The van der Waals surface area contributed by atoms with Crippen LogP contribution in [0, 0.1) is 17.7 Å². The maximum absolute atomic E-state index is 13.2. The highest BCUT2D eigenvalue weighted by molar-refractivity contribution is 9.10. The van der Waals surface area contributed by atoms with E-state index in [9.17, 15) is 4.39 Å². The lowest BCUT2D eigenvalue weighted by molar-refractivity contribution is 0.461. The van der Waals surface area contributed by atoms with Gasteiger partial charge in [-0.25, -0.2) is 4.39 Å². The first kappa shape index (κ1) is 12.1. The quantitative estimate of drug-likeness (QED) is 0.869. The molecule has 0 spiro atoms. The summed E-state index contributed by atoms with van der Waals surface area (Å²) in [6.45, 7) is 4.04. The molecule has 1 aliphatic carbocycles. The normalized spacial score (nSPS) is 17.4. The van der Waals surface area contributed by atoms with Gasteiger partial charge in [-0.15, -0.1) is 0 Å².